The van der Waals surface area contributed by atoms with Gasteiger partial charge in [-0.3, -0.25) is 9.59 Å². The topological polar surface area (TPSA) is 66.4 Å². The molecular formula is C16H17NO3S. The first-order valence-corrected chi connectivity index (χ1v) is 7.64. The van der Waals surface area contributed by atoms with E-state index in [1.165, 1.54) is 11.3 Å². The van der Waals surface area contributed by atoms with Crippen LogP contribution in [0.3, 0.4) is 0 Å². The molecule has 1 heterocycles. The van der Waals surface area contributed by atoms with Crippen molar-refractivity contribution in [3.8, 4) is 5.75 Å². The van der Waals surface area contributed by atoms with Crippen LogP contribution < -0.4 is 5.32 Å². The number of carbonyl (C=O) groups is 2. The third-order valence-corrected chi connectivity index (χ3v) is 3.96. The van der Waals surface area contributed by atoms with Gasteiger partial charge in [0.05, 0.1) is 4.88 Å². The summed E-state index contributed by atoms with van der Waals surface area (Å²) in [4.78, 5) is 24.1. The van der Waals surface area contributed by atoms with Gasteiger partial charge >= 0.3 is 0 Å². The van der Waals surface area contributed by atoms with Crippen LogP contribution in [0.25, 0.3) is 0 Å². The number of amides is 1. The maximum atomic E-state index is 11.7. The van der Waals surface area contributed by atoms with Crippen molar-refractivity contribution in [3.63, 3.8) is 0 Å². The number of phenols is 1. The van der Waals surface area contributed by atoms with Crippen LogP contribution in [0.1, 0.15) is 28.1 Å². The largest absolute Gasteiger partial charge is 0.508 e. The summed E-state index contributed by atoms with van der Waals surface area (Å²) in [5.41, 5.74) is 1.04. The van der Waals surface area contributed by atoms with Crippen molar-refractivity contribution < 1.29 is 14.7 Å². The number of thiophene rings is 1. The van der Waals surface area contributed by atoms with E-state index in [1.807, 2.05) is 23.6 Å². The molecule has 0 bridgehead atoms. The summed E-state index contributed by atoms with van der Waals surface area (Å²) in [6.45, 7) is 0.525. The molecule has 0 atom stereocenters. The second kappa shape index (κ2) is 7.59. The molecule has 0 aliphatic heterocycles. The highest BCUT2D eigenvalue weighted by Gasteiger charge is 2.09. The van der Waals surface area contributed by atoms with Gasteiger partial charge in [0.1, 0.15) is 5.75 Å². The standard InChI is InChI=1S/C16H17NO3S/c18-13-5-3-12(4-6-13)9-10-17-16(20)8-7-14(19)15-2-1-11-21-15/h1-6,11,18H,7-10H2,(H,17,20). The molecule has 4 nitrogen and oxygen atoms in total. The van der Waals surface area contributed by atoms with Crippen LogP contribution in [-0.2, 0) is 11.2 Å². The summed E-state index contributed by atoms with van der Waals surface area (Å²) in [5.74, 6) is 0.132. The fraction of sp³-hybridized carbons (Fsp3) is 0.250. The van der Waals surface area contributed by atoms with E-state index in [-0.39, 0.29) is 30.3 Å². The van der Waals surface area contributed by atoms with Gasteiger partial charge < -0.3 is 10.4 Å². The number of hydrogen-bond donors (Lipinski definition) is 2. The second-order valence-corrected chi connectivity index (χ2v) is 5.61. The number of nitrogens with one attached hydrogen (secondary N) is 1. The van der Waals surface area contributed by atoms with Gasteiger partial charge in [-0.15, -0.1) is 11.3 Å². The number of carbonyl (C=O) groups excluding carboxylic acids is 2. The molecule has 0 saturated carbocycles. The number of Topliss-reactive ketones (excluding diaryl/α,β-unsaturated/α-hetero) is 1. The summed E-state index contributed by atoms with van der Waals surface area (Å²) in [6, 6.07) is 10.5. The predicted octanol–water partition coefficient (Wildman–Crippen LogP) is 2.78. The SMILES string of the molecule is O=C(CCC(=O)c1cccs1)NCCc1ccc(O)cc1. The minimum atomic E-state index is -0.112. The van der Waals surface area contributed by atoms with Crippen LogP contribution >= 0.6 is 11.3 Å². The van der Waals surface area contributed by atoms with Gasteiger partial charge in [-0.05, 0) is 35.6 Å². The normalized spacial score (nSPS) is 10.3. The number of hydrogen-bond acceptors (Lipinski definition) is 4. The van der Waals surface area contributed by atoms with Crippen molar-refractivity contribution in [1.82, 2.24) is 5.32 Å². The van der Waals surface area contributed by atoms with Crippen molar-refractivity contribution in [2.24, 2.45) is 0 Å². The molecule has 110 valence electrons. The number of ketones is 1. The molecule has 0 saturated heterocycles. The highest BCUT2D eigenvalue weighted by atomic mass is 32.1. The average molecular weight is 303 g/mol. The zero-order valence-electron chi connectivity index (χ0n) is 11.5. The molecule has 0 radical (unpaired) electrons. The lowest BCUT2D eigenvalue weighted by Crippen LogP contribution is -2.25. The van der Waals surface area contributed by atoms with Crippen LogP contribution in [0.15, 0.2) is 41.8 Å². The van der Waals surface area contributed by atoms with Gasteiger partial charge in [-0.25, -0.2) is 0 Å². The fourth-order valence-electron chi connectivity index (χ4n) is 1.88. The highest BCUT2D eigenvalue weighted by molar-refractivity contribution is 7.12. The smallest absolute Gasteiger partial charge is 0.220 e. The third kappa shape index (κ3) is 5.04. The first kappa shape index (κ1) is 15.3. The molecule has 1 aromatic heterocycles. The van der Waals surface area contributed by atoms with Gasteiger partial charge in [-0.2, -0.15) is 0 Å². The summed E-state index contributed by atoms with van der Waals surface area (Å²) < 4.78 is 0. The van der Waals surface area contributed by atoms with Crippen molar-refractivity contribution >= 4 is 23.0 Å². The Kier molecular flexibility index (Phi) is 5.51. The van der Waals surface area contributed by atoms with Gasteiger partial charge in [-0.1, -0.05) is 18.2 Å². The van der Waals surface area contributed by atoms with Crippen LogP contribution in [0.5, 0.6) is 5.75 Å². The zero-order valence-corrected chi connectivity index (χ0v) is 12.4. The van der Waals surface area contributed by atoms with E-state index >= 15 is 0 Å². The lowest BCUT2D eigenvalue weighted by molar-refractivity contribution is -0.121. The summed E-state index contributed by atoms with van der Waals surface area (Å²) in [6.07, 6.45) is 1.16. The Morgan fingerprint density at radius 1 is 1.10 bits per heavy atom. The van der Waals surface area contributed by atoms with Gasteiger partial charge in [0.2, 0.25) is 5.91 Å². The maximum Gasteiger partial charge on any atom is 0.220 e. The van der Waals surface area contributed by atoms with Gasteiger partial charge in [0.15, 0.2) is 5.78 Å². The molecule has 0 aliphatic rings. The lowest BCUT2D eigenvalue weighted by atomic mass is 10.1. The van der Waals surface area contributed by atoms with E-state index in [1.54, 1.807) is 18.2 Å². The highest BCUT2D eigenvalue weighted by Crippen LogP contribution is 2.12. The minimum absolute atomic E-state index is 0.0127. The average Bonchev–Trinajstić information content (AvgIpc) is 3.01. The Balaban J connectivity index is 1.66. The maximum absolute atomic E-state index is 11.7. The molecule has 2 aromatic rings. The molecular weight excluding hydrogens is 286 g/mol. The van der Waals surface area contributed by atoms with Crippen molar-refractivity contribution in [2.75, 3.05) is 6.54 Å². The molecule has 0 spiro atoms. The molecule has 1 amide bonds. The van der Waals surface area contributed by atoms with E-state index in [2.05, 4.69) is 5.32 Å². The Labute approximate surface area is 127 Å². The van der Waals surface area contributed by atoms with Crippen LogP contribution in [0.2, 0.25) is 0 Å². The third-order valence-electron chi connectivity index (χ3n) is 3.05. The van der Waals surface area contributed by atoms with E-state index < -0.39 is 0 Å². The number of aromatic hydroxyl groups is 1. The number of rotatable bonds is 7. The molecule has 0 unspecified atom stereocenters. The molecule has 2 N–H and O–H groups in total. The Hall–Kier alpha value is -2.14. The first-order chi connectivity index (χ1) is 10.1. The van der Waals surface area contributed by atoms with E-state index in [0.29, 0.717) is 17.8 Å². The fourth-order valence-corrected chi connectivity index (χ4v) is 2.58. The molecule has 1 aromatic carbocycles. The van der Waals surface area contributed by atoms with Crippen molar-refractivity contribution in [2.45, 2.75) is 19.3 Å². The quantitative estimate of drug-likeness (QED) is 0.773. The van der Waals surface area contributed by atoms with Crippen LogP contribution in [-0.4, -0.2) is 23.3 Å². The monoisotopic (exact) mass is 303 g/mol. The molecule has 2 rings (SSSR count). The Bertz CT molecular complexity index is 590. The Morgan fingerprint density at radius 3 is 2.52 bits per heavy atom. The predicted molar refractivity (Wildman–Crippen MR) is 82.7 cm³/mol. The number of benzene rings is 1. The van der Waals surface area contributed by atoms with Crippen molar-refractivity contribution in [3.05, 3.63) is 52.2 Å². The van der Waals surface area contributed by atoms with Crippen LogP contribution in [0, 0.1) is 0 Å². The summed E-state index contributed by atoms with van der Waals surface area (Å²) in [5, 5.41) is 13.8. The summed E-state index contributed by atoms with van der Waals surface area (Å²) >= 11 is 1.40. The second-order valence-electron chi connectivity index (χ2n) is 4.67. The minimum Gasteiger partial charge on any atom is -0.508 e. The summed E-state index contributed by atoms with van der Waals surface area (Å²) in [7, 11) is 0. The van der Waals surface area contributed by atoms with E-state index in [9.17, 15) is 9.59 Å². The van der Waals surface area contributed by atoms with E-state index in [0.717, 1.165) is 5.56 Å². The van der Waals surface area contributed by atoms with Gasteiger partial charge in [0, 0.05) is 19.4 Å². The zero-order chi connectivity index (χ0) is 15.1. The molecule has 0 fully saturated rings. The van der Waals surface area contributed by atoms with Crippen LogP contribution in [0.4, 0.5) is 0 Å². The molecule has 21 heavy (non-hydrogen) atoms. The molecule has 5 heteroatoms. The Morgan fingerprint density at radius 2 is 1.86 bits per heavy atom. The van der Waals surface area contributed by atoms with Crippen molar-refractivity contribution in [1.29, 1.82) is 0 Å². The lowest BCUT2D eigenvalue weighted by Gasteiger charge is -2.05. The first-order valence-electron chi connectivity index (χ1n) is 6.76. The van der Waals surface area contributed by atoms with Gasteiger partial charge in [0.25, 0.3) is 0 Å². The number of phenolic OH excluding ortho intramolecular Hbond substituents is 1. The molecule has 0 aliphatic carbocycles. The van der Waals surface area contributed by atoms with E-state index in [4.69, 9.17) is 5.11 Å².